The highest BCUT2D eigenvalue weighted by Crippen LogP contribution is 2.28. The third-order valence-electron chi connectivity index (χ3n) is 4.52. The summed E-state index contributed by atoms with van der Waals surface area (Å²) in [5, 5.41) is 3.20. The van der Waals surface area contributed by atoms with Crippen LogP contribution in [0, 0.1) is 0 Å². The Balaban J connectivity index is 0.00000261. The standard InChI is InChI=1S/C16H22N4O4S2.ClH/c1-3-25(21,22)13-4-6-14(7-5-13)26(23,24)20-11-8-17-12-15(20)16-18-9-10-19(16)2;/h4-7,9-10,15,17H,3,8,11-12H2,1-2H3;1H. The molecule has 1 aromatic carbocycles. The maximum atomic E-state index is 13.1. The summed E-state index contributed by atoms with van der Waals surface area (Å²) < 4.78 is 53.4. The molecular weight excluding hydrogens is 412 g/mol. The van der Waals surface area contributed by atoms with Gasteiger partial charge in [-0.1, -0.05) is 6.92 Å². The molecule has 11 heteroatoms. The number of hydrogen-bond acceptors (Lipinski definition) is 6. The topological polar surface area (TPSA) is 101 Å². The van der Waals surface area contributed by atoms with Crippen LogP contribution in [0.5, 0.6) is 0 Å². The van der Waals surface area contributed by atoms with E-state index < -0.39 is 25.9 Å². The number of benzene rings is 1. The van der Waals surface area contributed by atoms with Crippen LogP contribution in [0.2, 0.25) is 0 Å². The number of imidazole rings is 1. The van der Waals surface area contributed by atoms with Gasteiger partial charge in [-0.2, -0.15) is 4.31 Å². The molecule has 0 radical (unpaired) electrons. The van der Waals surface area contributed by atoms with Gasteiger partial charge < -0.3 is 9.88 Å². The molecule has 8 nitrogen and oxygen atoms in total. The second-order valence-electron chi connectivity index (χ2n) is 6.11. The zero-order valence-corrected chi connectivity index (χ0v) is 17.5. The van der Waals surface area contributed by atoms with E-state index in [1.807, 2.05) is 7.05 Å². The number of piperazine rings is 1. The van der Waals surface area contributed by atoms with Gasteiger partial charge in [0.25, 0.3) is 0 Å². The Bertz CT molecular complexity index is 988. The minimum absolute atomic E-state index is 0. The van der Waals surface area contributed by atoms with Crippen LogP contribution in [-0.2, 0) is 26.9 Å². The number of aryl methyl sites for hydroxylation is 1. The molecule has 1 aliphatic rings. The van der Waals surface area contributed by atoms with Crippen molar-refractivity contribution < 1.29 is 16.8 Å². The van der Waals surface area contributed by atoms with Crippen LogP contribution >= 0.6 is 12.4 Å². The minimum atomic E-state index is -3.78. The Morgan fingerprint density at radius 2 is 1.78 bits per heavy atom. The van der Waals surface area contributed by atoms with E-state index in [-0.39, 0.29) is 28.0 Å². The van der Waals surface area contributed by atoms with E-state index in [0.29, 0.717) is 25.5 Å². The summed E-state index contributed by atoms with van der Waals surface area (Å²) >= 11 is 0. The quantitative estimate of drug-likeness (QED) is 0.752. The van der Waals surface area contributed by atoms with Gasteiger partial charge in [0, 0.05) is 39.1 Å². The maximum absolute atomic E-state index is 13.1. The summed E-state index contributed by atoms with van der Waals surface area (Å²) in [6.07, 6.45) is 3.41. The van der Waals surface area contributed by atoms with Crippen molar-refractivity contribution in [2.45, 2.75) is 22.8 Å². The molecule has 1 N–H and O–H groups in total. The molecule has 150 valence electrons. The second-order valence-corrected chi connectivity index (χ2v) is 10.3. The van der Waals surface area contributed by atoms with E-state index in [4.69, 9.17) is 0 Å². The lowest BCUT2D eigenvalue weighted by Crippen LogP contribution is -2.49. The fourth-order valence-electron chi connectivity index (χ4n) is 3.01. The molecule has 0 saturated carbocycles. The average molecular weight is 435 g/mol. The van der Waals surface area contributed by atoms with Crippen LogP contribution in [0.3, 0.4) is 0 Å². The van der Waals surface area contributed by atoms with Gasteiger partial charge in [0.05, 0.1) is 21.6 Å². The molecule has 1 saturated heterocycles. The van der Waals surface area contributed by atoms with Crippen LogP contribution < -0.4 is 5.32 Å². The number of rotatable bonds is 5. The predicted octanol–water partition coefficient (Wildman–Crippen LogP) is 0.971. The molecule has 0 aliphatic carbocycles. The lowest BCUT2D eigenvalue weighted by atomic mass is 10.2. The van der Waals surface area contributed by atoms with Crippen molar-refractivity contribution >= 4 is 32.3 Å². The molecule has 0 spiro atoms. The van der Waals surface area contributed by atoms with Crippen molar-refractivity contribution in [3.63, 3.8) is 0 Å². The number of nitrogens with one attached hydrogen (secondary N) is 1. The molecule has 1 aliphatic heterocycles. The van der Waals surface area contributed by atoms with Gasteiger partial charge in [-0.25, -0.2) is 21.8 Å². The van der Waals surface area contributed by atoms with Gasteiger partial charge >= 0.3 is 0 Å². The van der Waals surface area contributed by atoms with Crippen LogP contribution in [0.4, 0.5) is 0 Å². The Morgan fingerprint density at radius 3 is 2.33 bits per heavy atom. The number of halogens is 1. The molecular formula is C16H23ClN4O4S2. The summed E-state index contributed by atoms with van der Waals surface area (Å²) in [5.41, 5.74) is 0. The molecule has 1 aromatic heterocycles. The summed E-state index contributed by atoms with van der Waals surface area (Å²) in [5.74, 6) is 0.629. The summed E-state index contributed by atoms with van der Waals surface area (Å²) in [7, 11) is -5.32. The van der Waals surface area contributed by atoms with Crippen molar-refractivity contribution in [3.8, 4) is 0 Å². The average Bonchev–Trinajstić information content (AvgIpc) is 3.07. The van der Waals surface area contributed by atoms with E-state index in [0.717, 1.165) is 0 Å². The Labute approximate surface area is 166 Å². The van der Waals surface area contributed by atoms with Gasteiger partial charge in [0.2, 0.25) is 10.0 Å². The first-order valence-corrected chi connectivity index (χ1v) is 11.4. The molecule has 27 heavy (non-hydrogen) atoms. The first-order chi connectivity index (χ1) is 12.3. The maximum Gasteiger partial charge on any atom is 0.243 e. The monoisotopic (exact) mass is 434 g/mol. The van der Waals surface area contributed by atoms with Crippen LogP contribution in [-0.4, -0.2) is 56.1 Å². The summed E-state index contributed by atoms with van der Waals surface area (Å²) in [4.78, 5) is 4.49. The number of nitrogens with zero attached hydrogens (tertiary/aromatic N) is 3. The molecule has 0 bridgehead atoms. The van der Waals surface area contributed by atoms with E-state index in [2.05, 4.69) is 10.3 Å². The zero-order valence-electron chi connectivity index (χ0n) is 15.1. The molecule has 2 heterocycles. The number of sulfone groups is 1. The normalized spacial score (nSPS) is 18.8. The third-order valence-corrected chi connectivity index (χ3v) is 8.19. The number of aromatic nitrogens is 2. The molecule has 0 amide bonds. The number of sulfonamides is 1. The Hall–Kier alpha value is -1.46. The zero-order chi connectivity index (χ0) is 18.9. The van der Waals surface area contributed by atoms with Crippen molar-refractivity contribution in [2.75, 3.05) is 25.4 Å². The highest BCUT2D eigenvalue weighted by molar-refractivity contribution is 7.91. The van der Waals surface area contributed by atoms with E-state index in [9.17, 15) is 16.8 Å². The summed E-state index contributed by atoms with van der Waals surface area (Å²) in [6, 6.07) is 4.99. The van der Waals surface area contributed by atoms with Gasteiger partial charge in [-0.3, -0.25) is 0 Å². The van der Waals surface area contributed by atoms with E-state index in [1.54, 1.807) is 23.9 Å². The van der Waals surface area contributed by atoms with E-state index >= 15 is 0 Å². The lowest BCUT2D eigenvalue weighted by molar-refractivity contribution is 0.258. The van der Waals surface area contributed by atoms with Gasteiger partial charge in [-0.15, -0.1) is 12.4 Å². The van der Waals surface area contributed by atoms with Gasteiger partial charge in [0.1, 0.15) is 5.82 Å². The van der Waals surface area contributed by atoms with Gasteiger partial charge in [-0.05, 0) is 24.3 Å². The lowest BCUT2D eigenvalue weighted by Gasteiger charge is -2.34. The smallest absolute Gasteiger partial charge is 0.243 e. The highest BCUT2D eigenvalue weighted by Gasteiger charge is 2.36. The molecule has 1 unspecified atom stereocenters. The molecule has 1 fully saturated rings. The molecule has 3 rings (SSSR count). The number of hydrogen-bond donors (Lipinski definition) is 1. The van der Waals surface area contributed by atoms with E-state index in [1.165, 1.54) is 28.6 Å². The van der Waals surface area contributed by atoms with Gasteiger partial charge in [0.15, 0.2) is 9.84 Å². The fraction of sp³-hybridized carbons (Fsp3) is 0.438. The second kappa shape index (κ2) is 8.27. The third kappa shape index (κ3) is 4.19. The SMILES string of the molecule is CCS(=O)(=O)c1ccc(S(=O)(=O)N2CCNCC2c2nccn2C)cc1.Cl. The first-order valence-electron chi connectivity index (χ1n) is 8.30. The van der Waals surface area contributed by atoms with Crippen LogP contribution in [0.25, 0.3) is 0 Å². The van der Waals surface area contributed by atoms with Crippen molar-refractivity contribution in [1.82, 2.24) is 19.2 Å². The molecule has 2 aromatic rings. The summed E-state index contributed by atoms with van der Waals surface area (Å²) in [6.45, 7) is 2.88. The minimum Gasteiger partial charge on any atom is -0.337 e. The van der Waals surface area contributed by atoms with Crippen LogP contribution in [0.15, 0.2) is 46.5 Å². The predicted molar refractivity (Wildman–Crippen MR) is 104 cm³/mol. The van der Waals surface area contributed by atoms with Crippen molar-refractivity contribution in [3.05, 3.63) is 42.5 Å². The molecule has 1 atom stereocenters. The largest absolute Gasteiger partial charge is 0.337 e. The fourth-order valence-corrected chi connectivity index (χ4v) is 5.48. The van der Waals surface area contributed by atoms with Crippen molar-refractivity contribution in [2.24, 2.45) is 7.05 Å². The first kappa shape index (κ1) is 21.8. The Kier molecular flexibility index (Phi) is 6.69. The van der Waals surface area contributed by atoms with Crippen molar-refractivity contribution in [1.29, 1.82) is 0 Å². The highest BCUT2D eigenvalue weighted by atomic mass is 35.5. The van der Waals surface area contributed by atoms with Crippen LogP contribution in [0.1, 0.15) is 18.8 Å². The Morgan fingerprint density at radius 1 is 1.15 bits per heavy atom.